The quantitative estimate of drug-likeness (QED) is 0.888. The van der Waals surface area contributed by atoms with Crippen molar-refractivity contribution in [2.75, 3.05) is 17.7 Å². The van der Waals surface area contributed by atoms with E-state index in [0.29, 0.717) is 22.7 Å². The maximum absolute atomic E-state index is 12.1. The van der Waals surface area contributed by atoms with E-state index >= 15 is 0 Å². The van der Waals surface area contributed by atoms with Gasteiger partial charge in [0.1, 0.15) is 12.2 Å². The number of amides is 2. The minimum atomic E-state index is -0.373. The second-order valence-electron chi connectivity index (χ2n) is 4.64. The molecule has 23 heavy (non-hydrogen) atoms. The first kappa shape index (κ1) is 16.0. The van der Waals surface area contributed by atoms with E-state index in [0.717, 1.165) is 0 Å². The highest BCUT2D eigenvalue weighted by molar-refractivity contribution is 6.04. The molecule has 0 spiro atoms. The smallest absolute Gasteiger partial charge is 0.255 e. The number of hydrogen-bond donors (Lipinski definition) is 2. The van der Waals surface area contributed by atoms with Gasteiger partial charge in [-0.05, 0) is 48.5 Å². The third-order valence-corrected chi connectivity index (χ3v) is 3.02. The predicted molar refractivity (Wildman–Crippen MR) is 86.2 cm³/mol. The summed E-state index contributed by atoms with van der Waals surface area (Å²) < 4.78 is 5.04. The summed E-state index contributed by atoms with van der Waals surface area (Å²) in [6, 6.07) is 15.2. The van der Waals surface area contributed by atoms with Gasteiger partial charge in [0.25, 0.3) is 5.91 Å². The van der Waals surface area contributed by atoms with Crippen LogP contribution in [0.1, 0.15) is 16.8 Å². The lowest BCUT2D eigenvalue weighted by molar-refractivity contribution is -0.115. The van der Waals surface area contributed by atoms with Gasteiger partial charge in [0.05, 0.1) is 13.2 Å². The third kappa shape index (κ3) is 4.58. The fourth-order valence-electron chi connectivity index (χ4n) is 1.86. The van der Waals surface area contributed by atoms with E-state index in [1.165, 1.54) is 0 Å². The van der Waals surface area contributed by atoms with Crippen LogP contribution in [0.4, 0.5) is 11.4 Å². The summed E-state index contributed by atoms with van der Waals surface area (Å²) in [5, 5.41) is 13.8. The number of nitriles is 1. The minimum absolute atomic E-state index is 0.198. The molecule has 0 atom stereocenters. The van der Waals surface area contributed by atoms with Crippen LogP contribution in [0.2, 0.25) is 0 Å². The summed E-state index contributed by atoms with van der Waals surface area (Å²) in [6.07, 6.45) is -0.198. The lowest BCUT2D eigenvalue weighted by Crippen LogP contribution is -2.12. The van der Waals surface area contributed by atoms with Crippen molar-refractivity contribution in [1.82, 2.24) is 0 Å². The average Bonchev–Trinajstić information content (AvgIpc) is 2.57. The first-order chi connectivity index (χ1) is 11.1. The Morgan fingerprint density at radius 1 is 1.00 bits per heavy atom. The van der Waals surface area contributed by atoms with E-state index < -0.39 is 0 Å². The van der Waals surface area contributed by atoms with Gasteiger partial charge in [0.15, 0.2) is 0 Å². The first-order valence-corrected chi connectivity index (χ1v) is 6.84. The molecule has 116 valence electrons. The molecule has 0 aromatic heterocycles. The number of hydrogen-bond acceptors (Lipinski definition) is 4. The molecule has 0 heterocycles. The van der Waals surface area contributed by atoms with Crippen LogP contribution in [0.5, 0.6) is 5.75 Å². The minimum Gasteiger partial charge on any atom is -0.497 e. The zero-order valence-corrected chi connectivity index (χ0v) is 12.5. The molecule has 0 aliphatic rings. The Morgan fingerprint density at radius 2 is 1.57 bits per heavy atom. The molecular weight excluding hydrogens is 294 g/mol. The van der Waals surface area contributed by atoms with Gasteiger partial charge >= 0.3 is 0 Å². The van der Waals surface area contributed by atoms with Crippen LogP contribution in [-0.4, -0.2) is 18.9 Å². The molecule has 0 saturated heterocycles. The van der Waals surface area contributed by atoms with E-state index in [1.807, 2.05) is 0 Å². The Bertz CT molecular complexity index is 731. The summed E-state index contributed by atoms with van der Waals surface area (Å²) >= 11 is 0. The summed E-state index contributed by atoms with van der Waals surface area (Å²) in [5.74, 6) is 0.0652. The van der Waals surface area contributed by atoms with Crippen molar-refractivity contribution in [1.29, 1.82) is 5.26 Å². The monoisotopic (exact) mass is 309 g/mol. The number of methoxy groups -OCH3 is 1. The Balaban J connectivity index is 1.98. The number of ether oxygens (including phenoxy) is 1. The maximum Gasteiger partial charge on any atom is 0.255 e. The van der Waals surface area contributed by atoms with E-state index in [2.05, 4.69) is 10.6 Å². The van der Waals surface area contributed by atoms with Gasteiger partial charge in [-0.25, -0.2) is 0 Å². The Morgan fingerprint density at radius 3 is 2.09 bits per heavy atom. The lowest BCUT2D eigenvalue weighted by atomic mass is 10.2. The molecular formula is C17H15N3O3. The van der Waals surface area contributed by atoms with Crippen LogP contribution in [-0.2, 0) is 4.79 Å². The number of carbonyl (C=O) groups excluding carboxylic acids is 2. The zero-order chi connectivity index (χ0) is 16.7. The summed E-state index contributed by atoms with van der Waals surface area (Å²) in [5.41, 5.74) is 1.67. The average molecular weight is 309 g/mol. The van der Waals surface area contributed by atoms with Crippen molar-refractivity contribution in [2.45, 2.75) is 6.42 Å². The fourth-order valence-corrected chi connectivity index (χ4v) is 1.86. The van der Waals surface area contributed by atoms with E-state index in [1.54, 1.807) is 61.7 Å². The molecule has 0 aliphatic heterocycles. The molecule has 2 N–H and O–H groups in total. The molecule has 0 fully saturated rings. The molecule has 0 unspecified atom stereocenters. The molecule has 2 aromatic carbocycles. The van der Waals surface area contributed by atoms with Crippen molar-refractivity contribution in [2.24, 2.45) is 0 Å². The largest absolute Gasteiger partial charge is 0.497 e. The second kappa shape index (κ2) is 7.61. The highest BCUT2D eigenvalue weighted by Gasteiger charge is 2.07. The number of carbonyl (C=O) groups is 2. The van der Waals surface area contributed by atoms with Crippen molar-refractivity contribution in [3.8, 4) is 11.8 Å². The van der Waals surface area contributed by atoms with Gasteiger partial charge in [-0.2, -0.15) is 5.26 Å². The highest BCUT2D eigenvalue weighted by Crippen LogP contribution is 2.16. The number of nitrogens with zero attached hydrogens (tertiary/aromatic N) is 1. The third-order valence-electron chi connectivity index (χ3n) is 3.02. The number of anilines is 2. The van der Waals surface area contributed by atoms with E-state index in [-0.39, 0.29) is 18.2 Å². The summed E-state index contributed by atoms with van der Waals surface area (Å²) in [6.45, 7) is 0. The normalized spacial score (nSPS) is 9.57. The summed E-state index contributed by atoms with van der Waals surface area (Å²) in [7, 11) is 1.56. The Labute approximate surface area is 133 Å². The molecule has 0 radical (unpaired) electrons. The topological polar surface area (TPSA) is 91.2 Å². The van der Waals surface area contributed by atoms with Crippen molar-refractivity contribution < 1.29 is 14.3 Å². The van der Waals surface area contributed by atoms with Crippen molar-refractivity contribution >= 4 is 23.2 Å². The Kier molecular flexibility index (Phi) is 5.31. The maximum atomic E-state index is 12.1. The predicted octanol–water partition coefficient (Wildman–Crippen LogP) is 2.80. The van der Waals surface area contributed by atoms with Gasteiger partial charge in [-0.1, -0.05) is 0 Å². The van der Waals surface area contributed by atoms with Crippen molar-refractivity contribution in [3.63, 3.8) is 0 Å². The van der Waals surface area contributed by atoms with Crippen LogP contribution < -0.4 is 15.4 Å². The fraction of sp³-hybridized carbons (Fsp3) is 0.118. The number of benzene rings is 2. The second-order valence-corrected chi connectivity index (χ2v) is 4.64. The molecule has 2 aromatic rings. The van der Waals surface area contributed by atoms with Gasteiger partial charge in [-0.15, -0.1) is 0 Å². The molecule has 2 amide bonds. The van der Waals surface area contributed by atoms with Crippen LogP contribution >= 0.6 is 0 Å². The first-order valence-electron chi connectivity index (χ1n) is 6.84. The van der Waals surface area contributed by atoms with Crippen LogP contribution in [0.3, 0.4) is 0 Å². The lowest BCUT2D eigenvalue weighted by Gasteiger charge is -2.08. The van der Waals surface area contributed by atoms with Crippen LogP contribution in [0, 0.1) is 11.3 Å². The standard InChI is InChI=1S/C17H15N3O3/c1-23-15-8-2-12(3-9-15)17(22)20-14-6-4-13(5-7-14)19-16(21)10-11-18/h2-9H,10H2,1H3,(H,19,21)(H,20,22). The van der Waals surface area contributed by atoms with Gasteiger partial charge < -0.3 is 15.4 Å². The molecule has 6 nitrogen and oxygen atoms in total. The van der Waals surface area contributed by atoms with Gasteiger partial charge in [-0.3, -0.25) is 9.59 Å². The highest BCUT2D eigenvalue weighted by atomic mass is 16.5. The Hall–Kier alpha value is -3.33. The molecule has 0 bridgehead atoms. The van der Waals surface area contributed by atoms with Gasteiger partial charge in [0, 0.05) is 16.9 Å². The molecule has 0 saturated carbocycles. The van der Waals surface area contributed by atoms with E-state index in [4.69, 9.17) is 10.00 Å². The zero-order valence-electron chi connectivity index (χ0n) is 12.5. The summed E-state index contributed by atoms with van der Waals surface area (Å²) in [4.78, 5) is 23.4. The number of rotatable bonds is 5. The van der Waals surface area contributed by atoms with Gasteiger partial charge in [0.2, 0.25) is 5.91 Å². The molecule has 0 aliphatic carbocycles. The van der Waals surface area contributed by atoms with Crippen molar-refractivity contribution in [3.05, 3.63) is 54.1 Å². The molecule has 2 rings (SSSR count). The SMILES string of the molecule is COc1ccc(C(=O)Nc2ccc(NC(=O)CC#N)cc2)cc1. The molecule has 6 heteroatoms. The number of nitrogens with one attached hydrogen (secondary N) is 2. The van der Waals surface area contributed by atoms with E-state index in [9.17, 15) is 9.59 Å². The van der Waals surface area contributed by atoms with Crippen LogP contribution in [0.25, 0.3) is 0 Å². The van der Waals surface area contributed by atoms with Crippen LogP contribution in [0.15, 0.2) is 48.5 Å².